The Hall–Kier alpha value is -2.97. The van der Waals surface area contributed by atoms with Gasteiger partial charge in [0.2, 0.25) is 5.88 Å². The first-order valence-electron chi connectivity index (χ1n) is 8.53. The predicted molar refractivity (Wildman–Crippen MR) is 101 cm³/mol. The molecule has 152 valence electrons. The third-order valence-corrected chi connectivity index (χ3v) is 3.75. The molecule has 9 heteroatoms. The van der Waals surface area contributed by atoms with E-state index in [2.05, 4.69) is 20.6 Å². The van der Waals surface area contributed by atoms with Gasteiger partial charge in [-0.25, -0.2) is 4.98 Å². The Kier molecular flexibility index (Phi) is 7.48. The van der Waals surface area contributed by atoms with Crippen LogP contribution in [0, 0.1) is 6.92 Å². The van der Waals surface area contributed by atoms with Crippen molar-refractivity contribution in [3.63, 3.8) is 0 Å². The molecule has 0 saturated carbocycles. The first-order chi connectivity index (χ1) is 13.3. The first-order valence-corrected chi connectivity index (χ1v) is 8.53. The highest BCUT2D eigenvalue weighted by atomic mass is 19.4. The molecule has 2 aromatic rings. The van der Waals surface area contributed by atoms with Gasteiger partial charge in [0.15, 0.2) is 12.6 Å². The summed E-state index contributed by atoms with van der Waals surface area (Å²) >= 11 is 0. The minimum atomic E-state index is -4.39. The summed E-state index contributed by atoms with van der Waals surface area (Å²) in [5.41, 5.74) is 2.34. The summed E-state index contributed by atoms with van der Waals surface area (Å²) in [6.45, 7) is 1.19. The highest BCUT2D eigenvalue weighted by Gasteiger charge is 2.28. The van der Waals surface area contributed by atoms with E-state index in [1.165, 1.54) is 0 Å². The lowest BCUT2D eigenvalue weighted by molar-refractivity contribution is -0.153. The fourth-order valence-corrected chi connectivity index (χ4v) is 2.32. The number of halogens is 3. The summed E-state index contributed by atoms with van der Waals surface area (Å²) in [6.07, 6.45) is -2.71. The van der Waals surface area contributed by atoms with E-state index >= 15 is 0 Å². The fraction of sp³-hybridized carbons (Fsp3) is 0.368. The van der Waals surface area contributed by atoms with Gasteiger partial charge >= 0.3 is 6.18 Å². The number of aryl methyl sites for hydroxylation is 1. The number of rotatable bonds is 7. The monoisotopic (exact) mass is 396 g/mol. The first kappa shape index (κ1) is 21.3. The van der Waals surface area contributed by atoms with Crippen molar-refractivity contribution in [2.24, 2.45) is 4.99 Å². The second-order valence-electron chi connectivity index (χ2n) is 6.00. The Morgan fingerprint density at radius 2 is 1.89 bits per heavy atom. The van der Waals surface area contributed by atoms with Crippen molar-refractivity contribution in [3.05, 3.63) is 53.2 Å². The maximum absolute atomic E-state index is 12.5. The van der Waals surface area contributed by atoms with Crippen LogP contribution in [0.25, 0.3) is 0 Å². The highest BCUT2D eigenvalue weighted by Crippen LogP contribution is 2.23. The Morgan fingerprint density at radius 1 is 1.14 bits per heavy atom. The number of nitrogens with zero attached hydrogens (tertiary/aromatic N) is 2. The summed E-state index contributed by atoms with van der Waals surface area (Å²) in [6, 6.07) is 8.76. The number of nitrogens with one attached hydrogen (secondary N) is 2. The van der Waals surface area contributed by atoms with Crippen molar-refractivity contribution in [3.8, 4) is 11.6 Å². The zero-order valence-electron chi connectivity index (χ0n) is 15.9. The van der Waals surface area contributed by atoms with E-state index < -0.39 is 12.8 Å². The third-order valence-electron chi connectivity index (χ3n) is 3.75. The smallest absolute Gasteiger partial charge is 0.422 e. The van der Waals surface area contributed by atoms with Crippen molar-refractivity contribution in [2.45, 2.75) is 26.2 Å². The molecule has 28 heavy (non-hydrogen) atoms. The molecule has 0 fully saturated rings. The van der Waals surface area contributed by atoms with E-state index in [9.17, 15) is 13.2 Å². The zero-order valence-corrected chi connectivity index (χ0v) is 15.9. The van der Waals surface area contributed by atoms with Crippen LogP contribution in [0.1, 0.15) is 16.7 Å². The molecule has 2 N–H and O–H groups in total. The van der Waals surface area contributed by atoms with Crippen molar-refractivity contribution in [1.82, 2.24) is 15.6 Å². The lowest BCUT2D eigenvalue weighted by Crippen LogP contribution is -2.36. The van der Waals surface area contributed by atoms with Gasteiger partial charge in [-0.1, -0.05) is 18.2 Å². The van der Waals surface area contributed by atoms with Crippen LogP contribution in [0.4, 0.5) is 13.2 Å². The van der Waals surface area contributed by atoms with Crippen LogP contribution >= 0.6 is 0 Å². The van der Waals surface area contributed by atoms with Gasteiger partial charge in [0.05, 0.1) is 7.11 Å². The molecule has 1 heterocycles. The number of ether oxygens (including phenoxy) is 2. The number of benzene rings is 1. The molecule has 0 bridgehead atoms. The maximum Gasteiger partial charge on any atom is 0.422 e. The number of aliphatic imine (C=N–C) groups is 1. The number of hydrogen-bond donors (Lipinski definition) is 2. The number of hydrogen-bond acceptors (Lipinski definition) is 4. The molecule has 0 atom stereocenters. The highest BCUT2D eigenvalue weighted by molar-refractivity contribution is 5.79. The van der Waals surface area contributed by atoms with Gasteiger partial charge in [-0.3, -0.25) is 4.99 Å². The number of alkyl halides is 3. The molecule has 6 nitrogen and oxygen atoms in total. The molecule has 0 amide bonds. The zero-order chi connectivity index (χ0) is 20.6. The van der Waals surface area contributed by atoms with E-state index in [-0.39, 0.29) is 12.3 Å². The summed E-state index contributed by atoms with van der Waals surface area (Å²) in [5.74, 6) is 1.22. The quantitative estimate of drug-likeness (QED) is 0.556. The van der Waals surface area contributed by atoms with Crippen LogP contribution in [-0.2, 0) is 13.1 Å². The van der Waals surface area contributed by atoms with Crippen molar-refractivity contribution in [1.29, 1.82) is 0 Å². The van der Waals surface area contributed by atoms with Crippen LogP contribution in [0.5, 0.6) is 11.6 Å². The number of aromatic nitrogens is 1. The minimum absolute atomic E-state index is 0.194. The molecule has 1 aromatic heterocycles. The second kappa shape index (κ2) is 9.82. The molecular formula is C19H23F3N4O2. The van der Waals surface area contributed by atoms with Gasteiger partial charge in [-0.05, 0) is 24.1 Å². The Balaban J connectivity index is 1.95. The standard InChI is InChI=1S/C19H23F3N4O2/c1-13-4-6-15(16(8-13)28-12-19(20,21)22)11-26-18(23-2)25-10-14-5-7-17(27-3)24-9-14/h4-9H,10-12H2,1-3H3,(H2,23,25,26). The summed E-state index contributed by atoms with van der Waals surface area (Å²) in [5, 5.41) is 6.19. The Labute approximate surface area is 161 Å². The number of pyridine rings is 1. The summed E-state index contributed by atoms with van der Waals surface area (Å²) < 4.78 is 47.4. The molecule has 0 aliphatic heterocycles. The van der Waals surface area contributed by atoms with Crippen LogP contribution in [0.15, 0.2) is 41.5 Å². The van der Waals surface area contributed by atoms with Crippen LogP contribution in [-0.4, -0.2) is 37.9 Å². The molecule has 0 spiro atoms. The van der Waals surface area contributed by atoms with Gasteiger partial charge in [0.25, 0.3) is 0 Å². The van der Waals surface area contributed by atoms with Crippen molar-refractivity contribution < 1.29 is 22.6 Å². The lowest BCUT2D eigenvalue weighted by atomic mass is 10.1. The average molecular weight is 396 g/mol. The van der Waals surface area contributed by atoms with Crippen molar-refractivity contribution in [2.75, 3.05) is 20.8 Å². The summed E-state index contributed by atoms with van der Waals surface area (Å²) in [7, 11) is 3.15. The molecule has 0 saturated heterocycles. The topological polar surface area (TPSA) is 67.8 Å². The molecule has 0 aliphatic carbocycles. The van der Waals surface area contributed by atoms with Gasteiger partial charge in [0, 0.05) is 38.0 Å². The molecule has 0 unspecified atom stereocenters. The Bertz CT molecular complexity index is 793. The summed E-state index contributed by atoms with van der Waals surface area (Å²) in [4.78, 5) is 8.24. The van der Waals surface area contributed by atoms with Gasteiger partial charge in [0.1, 0.15) is 5.75 Å². The van der Waals surface area contributed by atoms with Gasteiger partial charge < -0.3 is 20.1 Å². The van der Waals surface area contributed by atoms with Gasteiger partial charge in [-0.2, -0.15) is 13.2 Å². The second-order valence-corrected chi connectivity index (χ2v) is 6.00. The maximum atomic E-state index is 12.5. The van der Waals surface area contributed by atoms with E-state index in [0.717, 1.165) is 11.1 Å². The lowest BCUT2D eigenvalue weighted by Gasteiger charge is -2.16. The largest absolute Gasteiger partial charge is 0.484 e. The average Bonchev–Trinajstić information content (AvgIpc) is 2.67. The molecule has 2 rings (SSSR count). The molecule has 0 aliphatic rings. The number of guanidine groups is 1. The Morgan fingerprint density at radius 3 is 2.50 bits per heavy atom. The van der Waals surface area contributed by atoms with Crippen LogP contribution in [0.2, 0.25) is 0 Å². The van der Waals surface area contributed by atoms with Crippen LogP contribution in [0.3, 0.4) is 0 Å². The molecule has 1 aromatic carbocycles. The minimum Gasteiger partial charge on any atom is -0.484 e. The molecular weight excluding hydrogens is 373 g/mol. The van der Waals surface area contributed by atoms with Gasteiger partial charge in [-0.15, -0.1) is 0 Å². The van der Waals surface area contributed by atoms with Crippen LogP contribution < -0.4 is 20.1 Å². The van der Waals surface area contributed by atoms with E-state index in [1.807, 2.05) is 12.1 Å². The van der Waals surface area contributed by atoms with E-state index in [1.54, 1.807) is 45.5 Å². The van der Waals surface area contributed by atoms with Crippen molar-refractivity contribution >= 4 is 5.96 Å². The van der Waals surface area contributed by atoms with E-state index in [4.69, 9.17) is 9.47 Å². The van der Waals surface area contributed by atoms with E-state index in [0.29, 0.717) is 23.9 Å². The fourth-order valence-electron chi connectivity index (χ4n) is 2.32. The SMILES string of the molecule is CN=C(NCc1ccc(OC)nc1)NCc1ccc(C)cc1OCC(F)(F)F. The number of methoxy groups -OCH3 is 1. The third kappa shape index (κ3) is 6.98. The predicted octanol–water partition coefficient (Wildman–Crippen LogP) is 3.20. The normalized spacial score (nSPS) is 11.9. The molecule has 0 radical (unpaired) electrons.